The van der Waals surface area contributed by atoms with Crippen LogP contribution < -0.4 is 0 Å². The molecule has 6 heteroatoms. The Morgan fingerprint density at radius 3 is 2.76 bits per heavy atom. The predicted octanol–water partition coefficient (Wildman–Crippen LogP) is 1.67. The van der Waals surface area contributed by atoms with Gasteiger partial charge in [-0.25, -0.2) is 4.79 Å². The van der Waals surface area contributed by atoms with Gasteiger partial charge in [0, 0.05) is 6.54 Å². The number of rotatable bonds is 3. The molecule has 21 heavy (non-hydrogen) atoms. The van der Waals surface area contributed by atoms with Gasteiger partial charge in [0.15, 0.2) is 0 Å². The molecule has 0 bridgehead atoms. The van der Waals surface area contributed by atoms with Crippen molar-refractivity contribution in [1.82, 2.24) is 15.1 Å². The number of hydrogen-bond donors (Lipinski definition) is 1. The maximum atomic E-state index is 12.8. The Hall–Kier alpha value is -1.98. The van der Waals surface area contributed by atoms with Crippen LogP contribution in [0.2, 0.25) is 0 Å². The van der Waals surface area contributed by atoms with Crippen LogP contribution in [0.1, 0.15) is 48.4 Å². The second kappa shape index (κ2) is 6.20. The number of carboxylic acid groups (broad SMARTS) is 1. The van der Waals surface area contributed by atoms with Crippen LogP contribution in [0, 0.1) is 12.8 Å². The number of carbonyl (C=O) groups excluding carboxylic acids is 1. The molecule has 2 atom stereocenters. The standard InChI is InChI=1S/C15H21N3O3/c1-4-12-11(8-10(3)16-17-12)14(19)18-7-5-6-9(2)13(18)15(20)21/h8-9,13H,4-7H2,1-3H3,(H,20,21). The number of amides is 1. The van der Waals surface area contributed by atoms with E-state index in [2.05, 4.69) is 10.2 Å². The maximum absolute atomic E-state index is 12.8. The third-order valence-electron chi connectivity index (χ3n) is 4.01. The van der Waals surface area contributed by atoms with Crippen LogP contribution in [0.15, 0.2) is 6.07 Å². The molecule has 1 amide bonds. The van der Waals surface area contributed by atoms with Gasteiger partial charge < -0.3 is 10.0 Å². The summed E-state index contributed by atoms with van der Waals surface area (Å²) in [6.45, 7) is 6.04. The Kier molecular flexibility index (Phi) is 4.55. The molecule has 1 aromatic heterocycles. The molecule has 1 aromatic rings. The van der Waals surface area contributed by atoms with Crippen molar-refractivity contribution in [1.29, 1.82) is 0 Å². The first-order valence-electron chi connectivity index (χ1n) is 7.32. The monoisotopic (exact) mass is 291 g/mol. The first-order chi connectivity index (χ1) is 9.95. The molecule has 114 valence electrons. The van der Waals surface area contributed by atoms with Crippen LogP contribution >= 0.6 is 0 Å². The molecule has 0 spiro atoms. The van der Waals surface area contributed by atoms with Crippen molar-refractivity contribution >= 4 is 11.9 Å². The molecule has 2 unspecified atom stereocenters. The third-order valence-corrected chi connectivity index (χ3v) is 4.01. The second-order valence-electron chi connectivity index (χ2n) is 5.60. The smallest absolute Gasteiger partial charge is 0.326 e. The lowest BCUT2D eigenvalue weighted by molar-refractivity contribution is -0.145. The first-order valence-corrected chi connectivity index (χ1v) is 7.32. The zero-order valence-corrected chi connectivity index (χ0v) is 12.7. The van der Waals surface area contributed by atoms with E-state index in [-0.39, 0.29) is 11.8 Å². The van der Waals surface area contributed by atoms with Gasteiger partial charge in [-0.1, -0.05) is 13.8 Å². The molecule has 0 saturated carbocycles. The number of aryl methyl sites for hydroxylation is 2. The highest BCUT2D eigenvalue weighted by molar-refractivity contribution is 5.97. The lowest BCUT2D eigenvalue weighted by atomic mass is 9.90. The Labute approximate surface area is 124 Å². The SMILES string of the molecule is CCc1nnc(C)cc1C(=O)N1CCCC(C)C1C(=O)O. The summed E-state index contributed by atoms with van der Waals surface area (Å²) in [5.74, 6) is -1.22. The molecule has 2 rings (SSSR count). The van der Waals surface area contributed by atoms with Crippen LogP contribution in [0.25, 0.3) is 0 Å². The van der Waals surface area contributed by atoms with Gasteiger partial charge >= 0.3 is 5.97 Å². The molecule has 2 heterocycles. The van der Waals surface area contributed by atoms with Gasteiger partial charge in [-0.2, -0.15) is 10.2 Å². The number of hydrogen-bond acceptors (Lipinski definition) is 4. The molecular weight excluding hydrogens is 270 g/mol. The Bertz CT molecular complexity index is 559. The summed E-state index contributed by atoms with van der Waals surface area (Å²) >= 11 is 0. The Morgan fingerprint density at radius 1 is 1.43 bits per heavy atom. The van der Waals surface area contributed by atoms with Crippen molar-refractivity contribution in [3.05, 3.63) is 23.0 Å². The van der Waals surface area contributed by atoms with Crippen LogP contribution in [0.5, 0.6) is 0 Å². The first kappa shape index (κ1) is 15.4. The van der Waals surface area contributed by atoms with Gasteiger partial charge in [-0.05, 0) is 38.2 Å². The highest BCUT2D eigenvalue weighted by Crippen LogP contribution is 2.26. The van der Waals surface area contributed by atoms with Gasteiger partial charge in [0.25, 0.3) is 5.91 Å². The average molecular weight is 291 g/mol. The Balaban J connectivity index is 2.38. The summed E-state index contributed by atoms with van der Waals surface area (Å²) in [4.78, 5) is 25.8. The lowest BCUT2D eigenvalue weighted by Crippen LogP contribution is -2.52. The molecule has 0 aliphatic carbocycles. The molecule has 1 aliphatic rings. The summed E-state index contributed by atoms with van der Waals surface area (Å²) in [5.41, 5.74) is 1.76. The van der Waals surface area contributed by atoms with Gasteiger partial charge in [-0.3, -0.25) is 4.79 Å². The summed E-state index contributed by atoms with van der Waals surface area (Å²) in [6, 6.07) is 0.941. The number of carboxylic acids is 1. The van der Waals surface area contributed by atoms with E-state index in [4.69, 9.17) is 0 Å². The quantitative estimate of drug-likeness (QED) is 0.916. The number of likely N-dealkylation sites (tertiary alicyclic amines) is 1. The number of aromatic nitrogens is 2. The topological polar surface area (TPSA) is 83.4 Å². The van der Waals surface area contributed by atoms with E-state index < -0.39 is 12.0 Å². The minimum atomic E-state index is -0.938. The minimum Gasteiger partial charge on any atom is -0.480 e. The van der Waals surface area contributed by atoms with Gasteiger partial charge in [0.05, 0.1) is 17.0 Å². The van der Waals surface area contributed by atoms with Crippen molar-refractivity contribution in [2.24, 2.45) is 5.92 Å². The fourth-order valence-electron chi connectivity index (χ4n) is 2.91. The van der Waals surface area contributed by atoms with Crippen molar-refractivity contribution in [2.45, 2.75) is 46.1 Å². The molecule has 0 radical (unpaired) electrons. The number of carbonyl (C=O) groups is 2. The van der Waals surface area contributed by atoms with Crippen LogP contribution in [0.4, 0.5) is 0 Å². The molecule has 1 N–H and O–H groups in total. The molecule has 1 fully saturated rings. The van der Waals surface area contributed by atoms with E-state index in [9.17, 15) is 14.7 Å². The third kappa shape index (κ3) is 3.04. The number of aliphatic carboxylic acids is 1. The minimum absolute atomic E-state index is 0.0406. The van der Waals surface area contributed by atoms with Gasteiger partial charge in [0.2, 0.25) is 0 Å². The van der Waals surface area contributed by atoms with Crippen molar-refractivity contribution in [3.63, 3.8) is 0 Å². The number of piperidine rings is 1. The highest BCUT2D eigenvalue weighted by Gasteiger charge is 2.38. The summed E-state index contributed by atoms with van der Waals surface area (Å²) in [6.07, 6.45) is 2.25. The van der Waals surface area contributed by atoms with Crippen molar-refractivity contribution in [3.8, 4) is 0 Å². The summed E-state index contributed by atoms with van der Waals surface area (Å²) in [5, 5.41) is 17.5. The molecule has 1 aliphatic heterocycles. The number of nitrogens with zero attached hydrogens (tertiary/aromatic N) is 3. The zero-order valence-electron chi connectivity index (χ0n) is 12.7. The van der Waals surface area contributed by atoms with E-state index in [1.807, 2.05) is 13.8 Å². The lowest BCUT2D eigenvalue weighted by Gasteiger charge is -2.37. The zero-order chi connectivity index (χ0) is 15.6. The van der Waals surface area contributed by atoms with Crippen LogP contribution in [-0.2, 0) is 11.2 Å². The molecule has 6 nitrogen and oxygen atoms in total. The van der Waals surface area contributed by atoms with E-state index >= 15 is 0 Å². The second-order valence-corrected chi connectivity index (χ2v) is 5.60. The highest BCUT2D eigenvalue weighted by atomic mass is 16.4. The van der Waals surface area contributed by atoms with Crippen molar-refractivity contribution < 1.29 is 14.7 Å². The summed E-state index contributed by atoms with van der Waals surface area (Å²) in [7, 11) is 0. The summed E-state index contributed by atoms with van der Waals surface area (Å²) < 4.78 is 0. The van der Waals surface area contributed by atoms with Crippen LogP contribution in [0.3, 0.4) is 0 Å². The normalized spacial score (nSPS) is 22.1. The average Bonchev–Trinajstić information content (AvgIpc) is 2.45. The van der Waals surface area contributed by atoms with E-state index in [1.165, 1.54) is 4.90 Å². The largest absolute Gasteiger partial charge is 0.480 e. The maximum Gasteiger partial charge on any atom is 0.326 e. The molecular formula is C15H21N3O3. The van der Waals surface area contributed by atoms with Gasteiger partial charge in [0.1, 0.15) is 6.04 Å². The van der Waals surface area contributed by atoms with Crippen molar-refractivity contribution in [2.75, 3.05) is 6.54 Å². The van der Waals surface area contributed by atoms with Gasteiger partial charge in [-0.15, -0.1) is 0 Å². The Morgan fingerprint density at radius 2 is 2.14 bits per heavy atom. The molecule has 1 saturated heterocycles. The fourth-order valence-corrected chi connectivity index (χ4v) is 2.91. The van der Waals surface area contributed by atoms with E-state index in [0.717, 1.165) is 12.8 Å². The molecule has 0 aromatic carbocycles. The van der Waals surface area contributed by atoms with E-state index in [0.29, 0.717) is 29.9 Å². The predicted molar refractivity (Wildman–Crippen MR) is 77.0 cm³/mol. The van der Waals surface area contributed by atoms with Crippen LogP contribution in [-0.4, -0.2) is 44.7 Å². The fraction of sp³-hybridized carbons (Fsp3) is 0.600. The van der Waals surface area contributed by atoms with E-state index in [1.54, 1.807) is 13.0 Å².